The van der Waals surface area contributed by atoms with E-state index >= 15 is 0 Å². The highest BCUT2D eigenvalue weighted by atomic mass is 19.4. The molecule has 0 spiro atoms. The third-order valence-corrected chi connectivity index (χ3v) is 3.27. The van der Waals surface area contributed by atoms with Gasteiger partial charge in [-0.15, -0.1) is 0 Å². The van der Waals surface area contributed by atoms with Crippen molar-refractivity contribution in [3.63, 3.8) is 0 Å². The minimum atomic E-state index is -5.09. The van der Waals surface area contributed by atoms with Crippen LogP contribution < -0.4 is 14.9 Å². The third-order valence-electron chi connectivity index (χ3n) is 3.27. The van der Waals surface area contributed by atoms with Gasteiger partial charge in [0.2, 0.25) is 0 Å². The van der Waals surface area contributed by atoms with Crippen molar-refractivity contribution in [3.8, 4) is 11.5 Å². The summed E-state index contributed by atoms with van der Waals surface area (Å²) in [6.07, 6.45) is 3.23. The summed E-state index contributed by atoms with van der Waals surface area (Å²) in [7, 11) is 1.34. The lowest BCUT2D eigenvalue weighted by Crippen LogP contribution is -2.36. The molecule has 0 saturated heterocycles. The van der Waals surface area contributed by atoms with Gasteiger partial charge < -0.3 is 22.4 Å². The van der Waals surface area contributed by atoms with E-state index in [1.807, 2.05) is 0 Å². The monoisotopic (exact) mass is 259 g/mol. The Labute approximate surface area is 104 Å². The lowest BCUT2D eigenvalue weighted by atomic mass is 9.79. The molecule has 0 heterocycles. The number of ether oxygens (including phenoxy) is 2. The zero-order valence-corrected chi connectivity index (χ0v) is 10.2. The summed E-state index contributed by atoms with van der Waals surface area (Å²) in [5.74, 6) is 0.510. The summed E-state index contributed by atoms with van der Waals surface area (Å²) in [6.45, 7) is -4.72. The molecule has 0 radical (unpaired) electrons. The minimum absolute atomic E-state index is 0.0878. The fourth-order valence-electron chi connectivity index (χ4n) is 1.91. The molecule has 2 rings (SSSR count). The van der Waals surface area contributed by atoms with Gasteiger partial charge in [-0.05, 0) is 37.0 Å². The number of benzene rings is 1. The SMILES string of the molecule is COc1ccc(OCC2CCC2)c([B-](F)(F)F)c1. The maximum atomic E-state index is 12.9. The van der Waals surface area contributed by atoms with E-state index in [0.717, 1.165) is 25.3 Å². The maximum Gasteiger partial charge on any atom is 0.513 e. The van der Waals surface area contributed by atoms with Gasteiger partial charge in [-0.25, -0.2) is 0 Å². The van der Waals surface area contributed by atoms with Crippen molar-refractivity contribution < 1.29 is 22.4 Å². The Hall–Kier alpha value is -1.33. The van der Waals surface area contributed by atoms with Gasteiger partial charge in [-0.2, -0.15) is 0 Å². The molecule has 0 aromatic heterocycles. The van der Waals surface area contributed by atoms with Crippen LogP contribution in [0.2, 0.25) is 0 Å². The highest BCUT2D eigenvalue weighted by Gasteiger charge is 2.30. The summed E-state index contributed by atoms with van der Waals surface area (Å²) < 4.78 is 48.9. The normalized spacial score (nSPS) is 16.2. The Bertz CT molecular complexity index is 416. The van der Waals surface area contributed by atoms with Crippen LogP contribution in [0.1, 0.15) is 19.3 Å². The number of halogens is 3. The Morgan fingerprint density at radius 1 is 1.28 bits per heavy atom. The van der Waals surface area contributed by atoms with Crippen molar-refractivity contribution >= 4 is 12.4 Å². The van der Waals surface area contributed by atoms with E-state index < -0.39 is 12.4 Å². The second-order valence-corrected chi connectivity index (χ2v) is 4.59. The van der Waals surface area contributed by atoms with Crippen LogP contribution in [-0.4, -0.2) is 20.7 Å². The van der Waals surface area contributed by atoms with Crippen LogP contribution in [0, 0.1) is 5.92 Å². The van der Waals surface area contributed by atoms with Gasteiger partial charge in [0, 0.05) is 0 Å². The van der Waals surface area contributed by atoms with Gasteiger partial charge in [0.25, 0.3) is 0 Å². The van der Waals surface area contributed by atoms with Gasteiger partial charge in [0.15, 0.2) is 0 Å². The molecule has 1 aromatic carbocycles. The van der Waals surface area contributed by atoms with Crippen LogP contribution in [0.4, 0.5) is 12.9 Å². The molecule has 2 nitrogen and oxygen atoms in total. The van der Waals surface area contributed by atoms with Crippen molar-refractivity contribution in [2.75, 3.05) is 13.7 Å². The number of rotatable bonds is 5. The van der Waals surface area contributed by atoms with Crippen LogP contribution in [-0.2, 0) is 0 Å². The van der Waals surface area contributed by atoms with Gasteiger partial charge in [0.05, 0.1) is 19.5 Å². The molecule has 1 aromatic rings. The van der Waals surface area contributed by atoms with Crippen molar-refractivity contribution in [3.05, 3.63) is 18.2 Å². The fraction of sp³-hybridized carbons (Fsp3) is 0.500. The summed E-state index contributed by atoms with van der Waals surface area (Å²) in [5, 5.41) is 0. The van der Waals surface area contributed by atoms with Crippen molar-refractivity contribution in [2.24, 2.45) is 5.92 Å². The first-order valence-corrected chi connectivity index (χ1v) is 6.01. The van der Waals surface area contributed by atoms with E-state index in [9.17, 15) is 12.9 Å². The predicted molar refractivity (Wildman–Crippen MR) is 64.5 cm³/mol. The first kappa shape index (κ1) is 13.1. The first-order valence-electron chi connectivity index (χ1n) is 6.01. The number of hydrogen-bond acceptors (Lipinski definition) is 2. The average Bonchev–Trinajstić information content (AvgIpc) is 2.26. The van der Waals surface area contributed by atoms with Crippen molar-refractivity contribution in [2.45, 2.75) is 19.3 Å². The largest absolute Gasteiger partial charge is 0.513 e. The third kappa shape index (κ3) is 2.92. The van der Waals surface area contributed by atoms with E-state index in [-0.39, 0.29) is 11.5 Å². The van der Waals surface area contributed by atoms with Crippen LogP contribution in [0.5, 0.6) is 11.5 Å². The molecule has 0 aliphatic heterocycles. The van der Waals surface area contributed by atoms with Crippen LogP contribution >= 0.6 is 0 Å². The molecule has 1 aliphatic carbocycles. The van der Waals surface area contributed by atoms with Crippen LogP contribution in [0.25, 0.3) is 0 Å². The average molecular weight is 259 g/mol. The quantitative estimate of drug-likeness (QED) is 0.757. The Kier molecular flexibility index (Phi) is 3.73. The van der Waals surface area contributed by atoms with Gasteiger partial charge >= 0.3 is 6.98 Å². The van der Waals surface area contributed by atoms with Crippen molar-refractivity contribution in [1.29, 1.82) is 0 Å². The molecule has 0 amide bonds. The van der Waals surface area contributed by atoms with E-state index in [0.29, 0.717) is 12.5 Å². The summed E-state index contributed by atoms with van der Waals surface area (Å²) in [5.41, 5.74) is -0.714. The smallest absolute Gasteiger partial charge is 0.497 e. The topological polar surface area (TPSA) is 18.5 Å². The standard InChI is InChI=1S/C12H15BF3O2/c1-17-10-5-6-12(11(7-10)13(14,15)16)18-8-9-3-2-4-9/h5-7,9H,2-4,8H2,1H3/q-1. The highest BCUT2D eigenvalue weighted by molar-refractivity contribution is 6.74. The Morgan fingerprint density at radius 3 is 2.50 bits per heavy atom. The number of methoxy groups -OCH3 is 1. The molecule has 1 saturated carbocycles. The zero-order valence-electron chi connectivity index (χ0n) is 10.2. The molecule has 0 bridgehead atoms. The van der Waals surface area contributed by atoms with Crippen molar-refractivity contribution in [1.82, 2.24) is 0 Å². The lowest BCUT2D eigenvalue weighted by Gasteiger charge is -2.27. The highest BCUT2D eigenvalue weighted by Crippen LogP contribution is 2.28. The second kappa shape index (κ2) is 5.12. The number of hydrogen-bond donors (Lipinski definition) is 0. The zero-order chi connectivity index (χ0) is 13.2. The molecule has 1 fully saturated rings. The molecule has 0 atom stereocenters. The van der Waals surface area contributed by atoms with Crippen LogP contribution in [0.3, 0.4) is 0 Å². The second-order valence-electron chi connectivity index (χ2n) is 4.59. The lowest BCUT2D eigenvalue weighted by molar-refractivity contribution is 0.181. The van der Waals surface area contributed by atoms with Gasteiger partial charge in [-0.3, -0.25) is 0 Å². The summed E-state index contributed by atoms with van der Waals surface area (Å²) in [4.78, 5) is 0. The van der Waals surface area contributed by atoms with Gasteiger partial charge in [-0.1, -0.05) is 11.9 Å². The molecule has 0 unspecified atom stereocenters. The molecular weight excluding hydrogens is 244 g/mol. The van der Waals surface area contributed by atoms with E-state index in [4.69, 9.17) is 9.47 Å². The first-order chi connectivity index (χ1) is 8.50. The Morgan fingerprint density at radius 2 is 2.00 bits per heavy atom. The molecule has 100 valence electrons. The molecule has 0 N–H and O–H groups in total. The molecule has 18 heavy (non-hydrogen) atoms. The molecular formula is C12H15BF3O2-. The molecule has 6 heteroatoms. The molecule has 1 aliphatic rings. The summed E-state index contributed by atoms with van der Waals surface area (Å²) in [6, 6.07) is 3.82. The van der Waals surface area contributed by atoms with Crippen LogP contribution in [0.15, 0.2) is 18.2 Å². The van der Waals surface area contributed by atoms with E-state index in [1.54, 1.807) is 0 Å². The summed E-state index contributed by atoms with van der Waals surface area (Å²) >= 11 is 0. The van der Waals surface area contributed by atoms with E-state index in [1.165, 1.54) is 19.2 Å². The minimum Gasteiger partial charge on any atom is -0.497 e. The Balaban J connectivity index is 2.16. The maximum absolute atomic E-state index is 12.9. The predicted octanol–water partition coefficient (Wildman–Crippen LogP) is 2.93. The van der Waals surface area contributed by atoms with Gasteiger partial charge in [0.1, 0.15) is 5.75 Å². The van der Waals surface area contributed by atoms with E-state index in [2.05, 4.69) is 0 Å². The fourth-order valence-corrected chi connectivity index (χ4v) is 1.91.